The lowest BCUT2D eigenvalue weighted by Gasteiger charge is -2.32. The number of nitrogens with zero attached hydrogens (tertiary/aromatic N) is 5. The lowest BCUT2D eigenvalue weighted by molar-refractivity contribution is -0.135. The van der Waals surface area contributed by atoms with E-state index in [0.717, 1.165) is 19.4 Å². The van der Waals surface area contributed by atoms with Gasteiger partial charge in [-0.1, -0.05) is 13.8 Å². The summed E-state index contributed by atoms with van der Waals surface area (Å²) >= 11 is 0. The Labute approximate surface area is 135 Å². The first-order valence-electron chi connectivity index (χ1n) is 7.96. The van der Waals surface area contributed by atoms with Crippen molar-refractivity contribution in [1.29, 1.82) is 0 Å². The SMILES string of the molecule is Cc1ncc(-c2nnc([C@@H]3CCCN(C(=O)C(C)C)C3)o2)cn1. The minimum atomic E-state index is 0.0108. The summed E-state index contributed by atoms with van der Waals surface area (Å²) < 4.78 is 5.80. The van der Waals surface area contributed by atoms with Gasteiger partial charge in [0.2, 0.25) is 11.8 Å². The number of rotatable bonds is 3. The predicted molar refractivity (Wildman–Crippen MR) is 83.5 cm³/mol. The molecule has 23 heavy (non-hydrogen) atoms. The molecule has 0 N–H and O–H groups in total. The average Bonchev–Trinajstić information content (AvgIpc) is 3.05. The molecule has 0 aliphatic carbocycles. The molecule has 0 unspecified atom stereocenters. The van der Waals surface area contributed by atoms with Gasteiger partial charge >= 0.3 is 0 Å². The van der Waals surface area contributed by atoms with Crippen LogP contribution in [-0.2, 0) is 4.79 Å². The molecule has 0 saturated carbocycles. The summed E-state index contributed by atoms with van der Waals surface area (Å²) in [5, 5.41) is 8.26. The molecule has 0 aromatic carbocycles. The van der Waals surface area contributed by atoms with Crippen molar-refractivity contribution in [1.82, 2.24) is 25.1 Å². The molecular formula is C16H21N5O2. The molecule has 1 amide bonds. The summed E-state index contributed by atoms with van der Waals surface area (Å²) in [4.78, 5) is 22.4. The lowest BCUT2D eigenvalue weighted by Crippen LogP contribution is -2.41. The quantitative estimate of drug-likeness (QED) is 0.863. The van der Waals surface area contributed by atoms with Gasteiger partial charge < -0.3 is 9.32 Å². The second kappa shape index (κ2) is 6.44. The monoisotopic (exact) mass is 315 g/mol. The van der Waals surface area contributed by atoms with Crippen molar-refractivity contribution in [2.24, 2.45) is 5.92 Å². The van der Waals surface area contributed by atoms with Gasteiger partial charge in [0.25, 0.3) is 5.89 Å². The number of carbonyl (C=O) groups excluding carboxylic acids is 1. The highest BCUT2D eigenvalue weighted by Gasteiger charge is 2.29. The zero-order valence-electron chi connectivity index (χ0n) is 13.7. The zero-order valence-corrected chi connectivity index (χ0v) is 13.7. The van der Waals surface area contributed by atoms with E-state index in [-0.39, 0.29) is 17.7 Å². The summed E-state index contributed by atoms with van der Waals surface area (Å²) in [5.74, 6) is 2.00. The number of piperidine rings is 1. The third-order valence-corrected chi connectivity index (χ3v) is 4.04. The number of aryl methyl sites for hydroxylation is 1. The Morgan fingerprint density at radius 3 is 2.74 bits per heavy atom. The van der Waals surface area contributed by atoms with E-state index in [0.29, 0.717) is 29.7 Å². The summed E-state index contributed by atoms with van der Waals surface area (Å²) in [6.07, 6.45) is 5.26. The second-order valence-electron chi connectivity index (χ2n) is 6.24. The van der Waals surface area contributed by atoms with E-state index in [1.807, 2.05) is 25.7 Å². The fourth-order valence-electron chi connectivity index (χ4n) is 2.76. The molecule has 1 atom stereocenters. The molecule has 3 rings (SSSR count). The van der Waals surface area contributed by atoms with Gasteiger partial charge in [0.1, 0.15) is 5.82 Å². The van der Waals surface area contributed by atoms with Crippen LogP contribution in [0.4, 0.5) is 0 Å². The fraction of sp³-hybridized carbons (Fsp3) is 0.562. The van der Waals surface area contributed by atoms with E-state index in [1.165, 1.54) is 0 Å². The van der Waals surface area contributed by atoms with Crippen molar-refractivity contribution in [3.63, 3.8) is 0 Å². The van der Waals surface area contributed by atoms with Gasteiger partial charge in [-0.3, -0.25) is 4.79 Å². The van der Waals surface area contributed by atoms with E-state index < -0.39 is 0 Å². The molecule has 1 fully saturated rings. The summed E-state index contributed by atoms with van der Waals surface area (Å²) in [6, 6.07) is 0. The van der Waals surface area contributed by atoms with Crippen molar-refractivity contribution in [2.75, 3.05) is 13.1 Å². The Morgan fingerprint density at radius 2 is 2.04 bits per heavy atom. The van der Waals surface area contributed by atoms with Crippen LogP contribution in [0.25, 0.3) is 11.5 Å². The molecule has 7 heteroatoms. The van der Waals surface area contributed by atoms with Crippen LogP contribution in [0.3, 0.4) is 0 Å². The second-order valence-corrected chi connectivity index (χ2v) is 6.24. The number of amides is 1. The zero-order chi connectivity index (χ0) is 16.4. The van der Waals surface area contributed by atoms with E-state index >= 15 is 0 Å². The van der Waals surface area contributed by atoms with Gasteiger partial charge in [-0.05, 0) is 19.8 Å². The molecule has 3 heterocycles. The van der Waals surface area contributed by atoms with Gasteiger partial charge in [-0.15, -0.1) is 10.2 Å². The van der Waals surface area contributed by atoms with Crippen molar-refractivity contribution in [3.05, 3.63) is 24.1 Å². The van der Waals surface area contributed by atoms with E-state index in [4.69, 9.17) is 4.42 Å². The van der Waals surface area contributed by atoms with Crippen molar-refractivity contribution in [3.8, 4) is 11.5 Å². The average molecular weight is 315 g/mol. The normalized spacial score (nSPS) is 18.4. The van der Waals surface area contributed by atoms with Crippen LogP contribution >= 0.6 is 0 Å². The third kappa shape index (κ3) is 3.38. The first-order chi connectivity index (χ1) is 11.0. The van der Waals surface area contributed by atoms with Crippen LogP contribution in [0.2, 0.25) is 0 Å². The summed E-state index contributed by atoms with van der Waals surface area (Å²) in [5.41, 5.74) is 0.709. The van der Waals surface area contributed by atoms with Crippen LogP contribution in [-0.4, -0.2) is 44.1 Å². The van der Waals surface area contributed by atoms with Crippen LogP contribution in [0.15, 0.2) is 16.8 Å². The largest absolute Gasteiger partial charge is 0.420 e. The molecule has 2 aromatic rings. The maximum absolute atomic E-state index is 12.2. The molecule has 0 spiro atoms. The first-order valence-corrected chi connectivity index (χ1v) is 7.96. The third-order valence-electron chi connectivity index (χ3n) is 4.04. The first kappa shape index (κ1) is 15.6. The molecule has 2 aromatic heterocycles. The van der Waals surface area contributed by atoms with Gasteiger partial charge in [0, 0.05) is 31.4 Å². The van der Waals surface area contributed by atoms with Crippen LogP contribution in [0, 0.1) is 12.8 Å². The maximum atomic E-state index is 12.2. The van der Waals surface area contributed by atoms with E-state index in [1.54, 1.807) is 12.4 Å². The van der Waals surface area contributed by atoms with Crippen LogP contribution < -0.4 is 0 Å². The smallest absolute Gasteiger partial charge is 0.250 e. The molecular weight excluding hydrogens is 294 g/mol. The van der Waals surface area contributed by atoms with Gasteiger partial charge in [-0.25, -0.2) is 9.97 Å². The minimum Gasteiger partial charge on any atom is -0.420 e. The standard InChI is InChI=1S/C16H21N5O2/c1-10(2)16(22)21-6-4-5-12(9-21)14-19-20-15(23-14)13-7-17-11(3)18-8-13/h7-8,10,12H,4-6,9H2,1-3H3/t12-/m1/s1. The number of hydrogen-bond donors (Lipinski definition) is 0. The molecule has 1 aliphatic rings. The van der Waals surface area contributed by atoms with E-state index in [9.17, 15) is 4.79 Å². The highest BCUT2D eigenvalue weighted by Crippen LogP contribution is 2.28. The molecule has 0 bridgehead atoms. The Bertz CT molecular complexity index is 680. The van der Waals surface area contributed by atoms with Crippen LogP contribution in [0.1, 0.15) is 44.3 Å². The molecule has 1 saturated heterocycles. The lowest BCUT2D eigenvalue weighted by atomic mass is 9.97. The number of aromatic nitrogens is 4. The maximum Gasteiger partial charge on any atom is 0.250 e. The Kier molecular flexibility index (Phi) is 4.36. The van der Waals surface area contributed by atoms with Gasteiger partial charge in [0.15, 0.2) is 0 Å². The topological polar surface area (TPSA) is 85.0 Å². The Morgan fingerprint density at radius 1 is 1.30 bits per heavy atom. The Balaban J connectivity index is 1.74. The van der Waals surface area contributed by atoms with E-state index in [2.05, 4.69) is 20.2 Å². The van der Waals surface area contributed by atoms with Crippen molar-refractivity contribution >= 4 is 5.91 Å². The van der Waals surface area contributed by atoms with Gasteiger partial charge in [0.05, 0.1) is 11.5 Å². The summed E-state index contributed by atoms with van der Waals surface area (Å²) in [6.45, 7) is 7.12. The van der Waals surface area contributed by atoms with Crippen LogP contribution in [0.5, 0.6) is 0 Å². The highest BCUT2D eigenvalue weighted by molar-refractivity contribution is 5.78. The molecule has 122 valence electrons. The van der Waals surface area contributed by atoms with Crippen molar-refractivity contribution < 1.29 is 9.21 Å². The highest BCUT2D eigenvalue weighted by atomic mass is 16.4. The minimum absolute atomic E-state index is 0.0108. The van der Waals surface area contributed by atoms with Gasteiger partial charge in [-0.2, -0.15) is 0 Å². The molecule has 1 aliphatic heterocycles. The number of carbonyl (C=O) groups is 1. The number of likely N-dealkylation sites (tertiary alicyclic amines) is 1. The molecule has 7 nitrogen and oxygen atoms in total. The summed E-state index contributed by atoms with van der Waals surface area (Å²) in [7, 11) is 0. The fourth-order valence-corrected chi connectivity index (χ4v) is 2.76. The van der Waals surface area contributed by atoms with Crippen molar-refractivity contribution in [2.45, 2.75) is 39.5 Å². The predicted octanol–water partition coefficient (Wildman–Crippen LogP) is 2.20. The number of hydrogen-bond acceptors (Lipinski definition) is 6. The Hall–Kier alpha value is -2.31. The molecule has 0 radical (unpaired) electrons.